The van der Waals surface area contributed by atoms with Crippen LogP contribution in [-0.4, -0.2) is 24.1 Å². The molecular weight excluding hydrogens is 275 g/mol. The van der Waals surface area contributed by atoms with Crippen molar-refractivity contribution in [3.05, 3.63) is 28.2 Å². The van der Waals surface area contributed by atoms with Gasteiger partial charge in [-0.3, -0.25) is 4.79 Å². The molecule has 0 radical (unpaired) electrons. The maximum absolute atomic E-state index is 10.5. The lowest BCUT2D eigenvalue weighted by atomic mass is 9.99. The van der Waals surface area contributed by atoms with E-state index in [1.54, 1.807) is 6.07 Å². The van der Waals surface area contributed by atoms with E-state index in [0.29, 0.717) is 10.0 Å². The third-order valence-corrected chi connectivity index (χ3v) is 3.34. The number of nitrogens with one attached hydrogen (secondary N) is 1. The third kappa shape index (κ3) is 5.12. The monoisotopic (exact) mass is 290 g/mol. The zero-order valence-electron chi connectivity index (χ0n) is 9.83. The predicted molar refractivity (Wildman–Crippen MR) is 72.9 cm³/mol. The number of phenolic OH excluding ortho intramolecular Hbond substituents is 1. The first-order valence-corrected chi connectivity index (χ1v) is 6.40. The second-order valence-electron chi connectivity index (χ2n) is 4.04. The van der Waals surface area contributed by atoms with Crippen LogP contribution < -0.4 is 11.1 Å². The number of halogens is 2. The summed E-state index contributed by atoms with van der Waals surface area (Å²) in [6, 6.07) is 4.41. The van der Waals surface area contributed by atoms with Crippen LogP contribution >= 0.6 is 23.2 Å². The van der Waals surface area contributed by atoms with Gasteiger partial charge in [-0.15, -0.1) is 0 Å². The third-order valence-electron chi connectivity index (χ3n) is 2.60. The van der Waals surface area contributed by atoms with Gasteiger partial charge in [0.25, 0.3) is 0 Å². The van der Waals surface area contributed by atoms with Crippen LogP contribution in [0.25, 0.3) is 0 Å². The van der Waals surface area contributed by atoms with Crippen molar-refractivity contribution in [3.8, 4) is 5.75 Å². The van der Waals surface area contributed by atoms with Crippen molar-refractivity contribution >= 4 is 29.1 Å². The van der Waals surface area contributed by atoms with Crippen molar-refractivity contribution < 1.29 is 9.90 Å². The van der Waals surface area contributed by atoms with Crippen LogP contribution in [0.2, 0.25) is 10.0 Å². The van der Waals surface area contributed by atoms with Crippen molar-refractivity contribution in [2.45, 2.75) is 12.8 Å². The van der Waals surface area contributed by atoms with Gasteiger partial charge in [-0.25, -0.2) is 0 Å². The Kier molecular flexibility index (Phi) is 6.25. The molecule has 1 unspecified atom stereocenters. The highest BCUT2D eigenvalue weighted by atomic mass is 35.5. The SMILES string of the molecule is NC(=O)C1CCCNC1.Oc1ccc(Cl)c(Cl)c1. The van der Waals surface area contributed by atoms with Crippen molar-refractivity contribution in [2.24, 2.45) is 11.7 Å². The van der Waals surface area contributed by atoms with Crippen molar-refractivity contribution in [1.82, 2.24) is 5.32 Å². The Morgan fingerprint density at radius 2 is 2.11 bits per heavy atom. The number of carbonyl (C=O) groups is 1. The maximum atomic E-state index is 10.5. The average molecular weight is 291 g/mol. The van der Waals surface area contributed by atoms with Gasteiger partial charge in [0.05, 0.1) is 16.0 Å². The molecule has 4 N–H and O–H groups in total. The Balaban J connectivity index is 0.000000180. The van der Waals surface area contributed by atoms with Gasteiger partial charge in [0.1, 0.15) is 5.75 Å². The Labute approximate surface area is 116 Å². The molecule has 2 rings (SSSR count). The Hall–Kier alpha value is -0.970. The normalized spacial score (nSPS) is 18.7. The summed E-state index contributed by atoms with van der Waals surface area (Å²) in [4.78, 5) is 10.5. The summed E-state index contributed by atoms with van der Waals surface area (Å²) >= 11 is 11.1. The van der Waals surface area contributed by atoms with Crippen LogP contribution in [0.3, 0.4) is 0 Å². The molecule has 1 amide bonds. The molecule has 1 atom stereocenters. The summed E-state index contributed by atoms with van der Waals surface area (Å²) in [5, 5.41) is 12.7. The van der Waals surface area contributed by atoms with Gasteiger partial charge in [-0.1, -0.05) is 23.2 Å². The first-order valence-electron chi connectivity index (χ1n) is 5.64. The van der Waals surface area contributed by atoms with E-state index < -0.39 is 0 Å². The number of aromatic hydroxyl groups is 1. The summed E-state index contributed by atoms with van der Waals surface area (Å²) in [5.74, 6) is 0.0466. The van der Waals surface area contributed by atoms with Crippen LogP contribution in [0.4, 0.5) is 0 Å². The zero-order chi connectivity index (χ0) is 13.5. The van der Waals surface area contributed by atoms with E-state index in [1.807, 2.05) is 0 Å². The van der Waals surface area contributed by atoms with Crippen LogP contribution in [-0.2, 0) is 4.79 Å². The van der Waals surface area contributed by atoms with E-state index in [4.69, 9.17) is 34.0 Å². The van der Waals surface area contributed by atoms with E-state index >= 15 is 0 Å². The van der Waals surface area contributed by atoms with Gasteiger partial charge in [-0.2, -0.15) is 0 Å². The molecule has 0 saturated carbocycles. The molecule has 1 aliphatic heterocycles. The molecule has 1 aromatic rings. The number of nitrogens with two attached hydrogens (primary N) is 1. The Morgan fingerprint density at radius 1 is 1.39 bits per heavy atom. The highest BCUT2D eigenvalue weighted by molar-refractivity contribution is 6.42. The van der Waals surface area contributed by atoms with E-state index in [9.17, 15) is 4.79 Å². The smallest absolute Gasteiger partial charge is 0.221 e. The second-order valence-corrected chi connectivity index (χ2v) is 4.86. The second kappa shape index (κ2) is 7.46. The largest absolute Gasteiger partial charge is 0.508 e. The molecule has 18 heavy (non-hydrogen) atoms. The molecule has 4 nitrogen and oxygen atoms in total. The first-order chi connectivity index (χ1) is 8.50. The van der Waals surface area contributed by atoms with Gasteiger partial charge in [0, 0.05) is 6.54 Å². The standard InChI is InChI=1S/C6H4Cl2O.C6H12N2O/c7-5-2-1-4(9)3-6(5)8;7-6(9)5-2-1-3-8-4-5/h1-3,9H;5,8H,1-4H2,(H2,7,9). The molecule has 1 heterocycles. The molecule has 1 saturated heterocycles. The number of rotatable bonds is 1. The predicted octanol–water partition coefficient (Wildman–Crippen LogP) is 2.17. The van der Waals surface area contributed by atoms with Gasteiger partial charge in [0.2, 0.25) is 5.91 Å². The van der Waals surface area contributed by atoms with Crippen LogP contribution in [0.15, 0.2) is 18.2 Å². The van der Waals surface area contributed by atoms with E-state index in [2.05, 4.69) is 5.32 Å². The number of hydrogen-bond acceptors (Lipinski definition) is 3. The molecule has 100 valence electrons. The molecule has 1 aromatic carbocycles. The fourth-order valence-corrected chi connectivity index (χ4v) is 1.87. The number of amides is 1. The van der Waals surface area contributed by atoms with Crippen molar-refractivity contribution in [2.75, 3.05) is 13.1 Å². The van der Waals surface area contributed by atoms with Crippen LogP contribution in [0.1, 0.15) is 12.8 Å². The van der Waals surface area contributed by atoms with Crippen LogP contribution in [0, 0.1) is 5.92 Å². The summed E-state index contributed by atoms with van der Waals surface area (Å²) in [6.45, 7) is 1.80. The van der Waals surface area contributed by atoms with Gasteiger partial charge >= 0.3 is 0 Å². The Bertz CT molecular complexity index is 407. The minimum absolute atomic E-state index is 0.0822. The number of carbonyl (C=O) groups excluding carboxylic acids is 1. The van der Waals surface area contributed by atoms with Crippen molar-refractivity contribution in [1.29, 1.82) is 0 Å². The average Bonchev–Trinajstić information content (AvgIpc) is 2.36. The topological polar surface area (TPSA) is 75.4 Å². The van der Waals surface area contributed by atoms with Crippen molar-refractivity contribution in [3.63, 3.8) is 0 Å². The fraction of sp³-hybridized carbons (Fsp3) is 0.417. The van der Waals surface area contributed by atoms with Gasteiger partial charge in [0.15, 0.2) is 0 Å². The fourth-order valence-electron chi connectivity index (χ4n) is 1.58. The lowest BCUT2D eigenvalue weighted by molar-refractivity contribution is -0.122. The molecular formula is C12H16Cl2N2O2. The van der Waals surface area contributed by atoms with E-state index in [0.717, 1.165) is 25.9 Å². The maximum Gasteiger partial charge on any atom is 0.221 e. The molecule has 0 aliphatic carbocycles. The zero-order valence-corrected chi connectivity index (χ0v) is 11.3. The number of hydrogen-bond donors (Lipinski definition) is 3. The van der Waals surface area contributed by atoms with Gasteiger partial charge in [-0.05, 0) is 37.6 Å². The number of piperidine rings is 1. The summed E-state index contributed by atoms with van der Waals surface area (Å²) in [6.07, 6.45) is 2.04. The summed E-state index contributed by atoms with van der Waals surface area (Å²) in [5.41, 5.74) is 5.09. The van der Waals surface area contributed by atoms with Gasteiger partial charge < -0.3 is 16.2 Å². The highest BCUT2D eigenvalue weighted by Gasteiger charge is 2.17. The molecule has 0 aromatic heterocycles. The number of primary amides is 1. The highest BCUT2D eigenvalue weighted by Crippen LogP contribution is 2.24. The summed E-state index contributed by atoms with van der Waals surface area (Å²) in [7, 11) is 0. The molecule has 6 heteroatoms. The van der Waals surface area contributed by atoms with E-state index in [-0.39, 0.29) is 17.6 Å². The quantitative estimate of drug-likeness (QED) is 0.742. The first kappa shape index (κ1) is 15.1. The molecule has 1 aliphatic rings. The van der Waals surface area contributed by atoms with E-state index in [1.165, 1.54) is 12.1 Å². The lowest BCUT2D eigenvalue weighted by Gasteiger charge is -2.18. The minimum Gasteiger partial charge on any atom is -0.508 e. The van der Waals surface area contributed by atoms with Crippen LogP contribution in [0.5, 0.6) is 5.75 Å². The number of benzene rings is 1. The lowest BCUT2D eigenvalue weighted by Crippen LogP contribution is -2.37. The summed E-state index contributed by atoms with van der Waals surface area (Å²) < 4.78 is 0. The molecule has 0 bridgehead atoms. The minimum atomic E-state index is -0.165. The number of phenols is 1. The molecule has 1 fully saturated rings. The Morgan fingerprint density at radius 3 is 2.50 bits per heavy atom. The molecule has 0 spiro atoms.